The quantitative estimate of drug-likeness (QED) is 0.434. The minimum Gasteiger partial charge on any atom is -0.495 e. The summed E-state index contributed by atoms with van der Waals surface area (Å²) in [6.07, 6.45) is 3.21. The molecule has 0 aliphatic carbocycles. The number of hydrogen-bond donors (Lipinski definition) is 3. The third-order valence-corrected chi connectivity index (χ3v) is 5.12. The fourth-order valence-corrected chi connectivity index (χ4v) is 3.45. The van der Waals surface area contributed by atoms with Crippen molar-refractivity contribution in [2.24, 2.45) is 5.73 Å². The summed E-state index contributed by atoms with van der Waals surface area (Å²) in [5, 5.41) is 3.09. The highest BCUT2D eigenvalue weighted by molar-refractivity contribution is 5.95. The number of anilines is 1. The molecule has 1 unspecified atom stereocenters. The summed E-state index contributed by atoms with van der Waals surface area (Å²) in [5.74, 6) is 0.0420. The zero-order valence-corrected chi connectivity index (χ0v) is 18.6. The van der Waals surface area contributed by atoms with E-state index in [2.05, 4.69) is 10.2 Å². The van der Waals surface area contributed by atoms with E-state index < -0.39 is 11.6 Å². The number of rotatable bonds is 8. The first kappa shape index (κ1) is 24.0. The maximum atomic E-state index is 12.5. The Morgan fingerprint density at radius 1 is 1.27 bits per heavy atom. The van der Waals surface area contributed by atoms with Gasteiger partial charge in [0.2, 0.25) is 0 Å². The topological polar surface area (TPSA) is 120 Å². The number of nitrogens with one attached hydrogen (secondary N) is 1. The number of piperidine rings is 1. The van der Waals surface area contributed by atoms with E-state index in [0.717, 1.165) is 38.9 Å². The number of amides is 1. The van der Waals surface area contributed by atoms with E-state index >= 15 is 0 Å². The molecule has 8 nitrogen and oxygen atoms in total. The molecule has 1 aliphatic heterocycles. The lowest BCUT2D eigenvalue weighted by Gasteiger charge is -2.32. The van der Waals surface area contributed by atoms with Gasteiger partial charge in [-0.15, -0.1) is 0 Å². The Kier molecular flexibility index (Phi) is 8.49. The van der Waals surface area contributed by atoms with Crippen molar-refractivity contribution in [2.45, 2.75) is 64.1 Å². The van der Waals surface area contributed by atoms with E-state index in [9.17, 15) is 9.59 Å². The molecule has 0 spiro atoms. The van der Waals surface area contributed by atoms with E-state index in [1.54, 1.807) is 18.2 Å². The number of carbonyl (C=O) groups excluding carboxylic acids is 2. The number of nitrogen functional groups attached to an aromatic ring is 1. The van der Waals surface area contributed by atoms with Gasteiger partial charge in [-0.2, -0.15) is 0 Å². The molecule has 1 fully saturated rings. The van der Waals surface area contributed by atoms with Gasteiger partial charge in [0.05, 0.1) is 12.8 Å². The maximum absolute atomic E-state index is 12.5. The summed E-state index contributed by atoms with van der Waals surface area (Å²) in [6, 6.07) is 4.60. The summed E-state index contributed by atoms with van der Waals surface area (Å²) in [6.45, 7) is 8.20. The van der Waals surface area contributed by atoms with Crippen LogP contribution in [0.1, 0.15) is 56.8 Å². The first-order valence-electron chi connectivity index (χ1n) is 10.5. The highest BCUT2D eigenvalue weighted by atomic mass is 16.6. The van der Waals surface area contributed by atoms with Crippen molar-refractivity contribution in [3.05, 3.63) is 23.8 Å². The predicted molar refractivity (Wildman–Crippen MR) is 117 cm³/mol. The molecule has 2 rings (SSSR count). The monoisotopic (exact) mass is 420 g/mol. The molecule has 0 aromatic heterocycles. The van der Waals surface area contributed by atoms with E-state index in [0.29, 0.717) is 23.4 Å². The Hall–Kier alpha value is -2.32. The normalized spacial score (nSPS) is 16.7. The largest absolute Gasteiger partial charge is 0.495 e. The molecule has 1 atom stereocenters. The molecule has 1 aromatic rings. The number of hydrogen-bond acceptors (Lipinski definition) is 7. The van der Waals surface area contributed by atoms with Crippen molar-refractivity contribution in [1.29, 1.82) is 0 Å². The van der Waals surface area contributed by atoms with Crippen LogP contribution in [-0.2, 0) is 9.53 Å². The second-order valence-corrected chi connectivity index (χ2v) is 8.83. The second kappa shape index (κ2) is 10.6. The van der Waals surface area contributed by atoms with Crippen LogP contribution in [0.4, 0.5) is 5.69 Å². The average Bonchev–Trinajstić information content (AvgIpc) is 2.68. The Labute approximate surface area is 179 Å². The minimum absolute atomic E-state index is 0.116. The Morgan fingerprint density at radius 3 is 2.53 bits per heavy atom. The Bertz CT molecular complexity index is 724. The van der Waals surface area contributed by atoms with E-state index in [1.807, 2.05) is 20.8 Å². The van der Waals surface area contributed by atoms with Crippen LogP contribution in [0.3, 0.4) is 0 Å². The SMILES string of the molecule is COc1cc(C(=O)NC2CCN(CCCC(N)C(=O)OC(C)(C)C)CC2)ccc1N. The third kappa shape index (κ3) is 7.50. The van der Waals surface area contributed by atoms with Crippen LogP contribution >= 0.6 is 0 Å². The van der Waals surface area contributed by atoms with Gasteiger partial charge in [0, 0.05) is 24.7 Å². The molecule has 5 N–H and O–H groups in total. The van der Waals surface area contributed by atoms with Crippen LogP contribution in [-0.4, -0.2) is 61.2 Å². The number of carbonyl (C=O) groups is 2. The summed E-state index contributed by atoms with van der Waals surface area (Å²) >= 11 is 0. The number of benzene rings is 1. The number of esters is 1. The maximum Gasteiger partial charge on any atom is 0.323 e. The standard InChI is InChI=1S/C22H36N4O4/c1-22(2,3)30-21(28)18(24)6-5-11-26-12-9-16(10-13-26)25-20(27)15-7-8-17(23)19(14-15)29-4/h7-8,14,16,18H,5-6,9-13,23-24H2,1-4H3,(H,25,27). The molecule has 168 valence electrons. The molecule has 1 amide bonds. The van der Waals surface area contributed by atoms with Gasteiger partial charge in [0.15, 0.2) is 0 Å². The zero-order valence-electron chi connectivity index (χ0n) is 18.6. The molecule has 1 aromatic carbocycles. The molecule has 0 radical (unpaired) electrons. The van der Waals surface area contributed by atoms with Crippen LogP contribution < -0.4 is 21.5 Å². The smallest absolute Gasteiger partial charge is 0.323 e. The Balaban J connectivity index is 1.70. The van der Waals surface area contributed by atoms with Gasteiger partial charge in [-0.3, -0.25) is 9.59 Å². The van der Waals surface area contributed by atoms with E-state index in [-0.39, 0.29) is 17.9 Å². The van der Waals surface area contributed by atoms with Crippen LogP contribution in [0.2, 0.25) is 0 Å². The fraction of sp³-hybridized carbons (Fsp3) is 0.636. The van der Waals surface area contributed by atoms with Gasteiger partial charge in [0.1, 0.15) is 17.4 Å². The average molecular weight is 421 g/mol. The number of methoxy groups -OCH3 is 1. The Morgan fingerprint density at radius 2 is 1.93 bits per heavy atom. The van der Waals surface area contributed by atoms with Crippen LogP contribution in [0.15, 0.2) is 18.2 Å². The van der Waals surface area contributed by atoms with Gasteiger partial charge in [-0.25, -0.2) is 0 Å². The predicted octanol–water partition coefficient (Wildman–Crippen LogP) is 1.92. The molecule has 1 aliphatic rings. The highest BCUT2D eigenvalue weighted by Gasteiger charge is 2.24. The van der Waals surface area contributed by atoms with E-state index in [1.165, 1.54) is 7.11 Å². The second-order valence-electron chi connectivity index (χ2n) is 8.83. The molecular weight excluding hydrogens is 384 g/mol. The summed E-state index contributed by atoms with van der Waals surface area (Å²) < 4.78 is 10.5. The number of nitrogens with two attached hydrogens (primary N) is 2. The van der Waals surface area contributed by atoms with Gasteiger partial charge in [-0.05, 0) is 71.2 Å². The van der Waals surface area contributed by atoms with Crippen LogP contribution in [0.25, 0.3) is 0 Å². The van der Waals surface area contributed by atoms with Gasteiger partial charge < -0.3 is 31.2 Å². The first-order valence-corrected chi connectivity index (χ1v) is 10.5. The summed E-state index contributed by atoms with van der Waals surface area (Å²) in [7, 11) is 1.53. The highest BCUT2D eigenvalue weighted by Crippen LogP contribution is 2.22. The number of nitrogens with zero attached hydrogens (tertiary/aromatic N) is 1. The molecule has 0 bridgehead atoms. The van der Waals surface area contributed by atoms with Crippen molar-refractivity contribution >= 4 is 17.6 Å². The van der Waals surface area contributed by atoms with Gasteiger partial charge >= 0.3 is 5.97 Å². The lowest BCUT2D eigenvalue weighted by Crippen LogP contribution is -2.45. The molecule has 1 saturated heterocycles. The molecular formula is C22H36N4O4. The summed E-state index contributed by atoms with van der Waals surface area (Å²) in [5.41, 5.74) is 12.3. The van der Waals surface area contributed by atoms with Crippen molar-refractivity contribution in [1.82, 2.24) is 10.2 Å². The van der Waals surface area contributed by atoms with Gasteiger partial charge in [-0.1, -0.05) is 0 Å². The lowest BCUT2D eigenvalue weighted by atomic mass is 10.0. The van der Waals surface area contributed by atoms with Crippen LogP contribution in [0, 0.1) is 0 Å². The number of likely N-dealkylation sites (tertiary alicyclic amines) is 1. The molecule has 1 heterocycles. The van der Waals surface area contributed by atoms with Crippen LogP contribution in [0.5, 0.6) is 5.75 Å². The molecule has 8 heteroatoms. The molecule has 30 heavy (non-hydrogen) atoms. The minimum atomic E-state index is -0.585. The summed E-state index contributed by atoms with van der Waals surface area (Å²) in [4.78, 5) is 26.8. The van der Waals surface area contributed by atoms with E-state index in [4.69, 9.17) is 20.9 Å². The lowest BCUT2D eigenvalue weighted by molar-refractivity contribution is -0.156. The fourth-order valence-electron chi connectivity index (χ4n) is 3.45. The number of ether oxygens (including phenoxy) is 2. The first-order chi connectivity index (χ1) is 14.1. The molecule has 0 saturated carbocycles. The third-order valence-electron chi connectivity index (χ3n) is 5.12. The van der Waals surface area contributed by atoms with Crippen molar-refractivity contribution < 1.29 is 19.1 Å². The zero-order chi connectivity index (χ0) is 22.3. The van der Waals surface area contributed by atoms with Crippen molar-refractivity contribution in [3.8, 4) is 5.75 Å². The van der Waals surface area contributed by atoms with Gasteiger partial charge in [0.25, 0.3) is 5.91 Å². The van der Waals surface area contributed by atoms with Crippen molar-refractivity contribution in [2.75, 3.05) is 32.5 Å². The van der Waals surface area contributed by atoms with Crippen molar-refractivity contribution in [3.63, 3.8) is 0 Å².